The van der Waals surface area contributed by atoms with Crippen molar-refractivity contribution in [2.75, 3.05) is 13.1 Å². The molecule has 0 aliphatic carbocycles. The van der Waals surface area contributed by atoms with E-state index in [-0.39, 0.29) is 37.6 Å². The molecule has 39 heavy (non-hydrogen) atoms. The second kappa shape index (κ2) is 13.8. The molecule has 2 aliphatic heterocycles. The van der Waals surface area contributed by atoms with Crippen molar-refractivity contribution in [3.05, 3.63) is 41.5 Å². The zero-order chi connectivity index (χ0) is 28.5. The quantitative estimate of drug-likeness (QED) is 0.145. The monoisotopic (exact) mass is 548 g/mol. The first-order valence-corrected chi connectivity index (χ1v) is 12.5. The van der Waals surface area contributed by atoms with Crippen LogP contribution in [0, 0.1) is 0 Å². The Hall–Kier alpha value is -3.81. The average Bonchev–Trinajstić information content (AvgIpc) is 3.21. The van der Waals surface area contributed by atoms with Crippen LogP contribution >= 0.6 is 0 Å². The Bertz CT molecular complexity index is 1100. The predicted octanol–water partition coefficient (Wildman–Crippen LogP) is -0.196. The van der Waals surface area contributed by atoms with Crippen LogP contribution in [-0.2, 0) is 46.5 Å². The fourth-order valence-electron chi connectivity index (χ4n) is 4.05. The van der Waals surface area contributed by atoms with Gasteiger partial charge in [-0.2, -0.15) is 0 Å². The van der Waals surface area contributed by atoms with Crippen molar-refractivity contribution in [1.82, 2.24) is 10.2 Å². The van der Waals surface area contributed by atoms with E-state index in [2.05, 4.69) is 5.32 Å². The van der Waals surface area contributed by atoms with E-state index in [9.17, 15) is 39.3 Å². The number of carboxylic acids is 1. The lowest BCUT2D eigenvalue weighted by Gasteiger charge is -2.35. The van der Waals surface area contributed by atoms with Gasteiger partial charge in [-0.3, -0.25) is 24.1 Å². The fourth-order valence-corrected chi connectivity index (χ4v) is 4.05. The van der Waals surface area contributed by atoms with E-state index < -0.39 is 48.4 Å². The van der Waals surface area contributed by atoms with Crippen molar-refractivity contribution in [2.24, 2.45) is 0 Å². The molecule has 0 saturated carbocycles. The van der Waals surface area contributed by atoms with Crippen LogP contribution in [0.3, 0.4) is 0 Å². The molecule has 3 rings (SSSR count). The molecule has 0 aromatic heterocycles. The summed E-state index contributed by atoms with van der Waals surface area (Å²) in [6, 6.07) is 5.08. The molecular weight excluding hydrogens is 516 g/mol. The molecule has 13 nitrogen and oxygen atoms in total. The second-order valence-electron chi connectivity index (χ2n) is 9.18. The minimum Gasteiger partial charge on any atom is -0.479 e. The first kappa shape index (κ1) is 29.7. The number of carbonyl (C=O) groups excluding carboxylic acids is 4. The number of nitrogens with one attached hydrogen (secondary N) is 1. The molecular formula is C26H32N2O11. The Morgan fingerprint density at radius 3 is 2.51 bits per heavy atom. The number of esters is 1. The Labute approximate surface area is 224 Å². The van der Waals surface area contributed by atoms with Gasteiger partial charge in [-0.05, 0) is 37.0 Å². The normalized spacial score (nSPS) is 22.6. The second-order valence-corrected chi connectivity index (χ2v) is 9.18. The summed E-state index contributed by atoms with van der Waals surface area (Å²) in [6.45, 7) is 1.54. The van der Waals surface area contributed by atoms with Gasteiger partial charge in [-0.15, -0.1) is 0 Å². The largest absolute Gasteiger partial charge is 0.479 e. The van der Waals surface area contributed by atoms with Crippen molar-refractivity contribution >= 4 is 29.7 Å². The highest BCUT2D eigenvalue weighted by Crippen LogP contribution is 2.28. The number of rotatable bonds is 13. The minimum absolute atomic E-state index is 0.0176. The number of aryl methyl sites for hydroxylation is 1. The van der Waals surface area contributed by atoms with Crippen molar-refractivity contribution in [3.8, 4) is 5.75 Å². The zero-order valence-corrected chi connectivity index (χ0v) is 21.4. The Morgan fingerprint density at radius 2 is 1.85 bits per heavy atom. The molecule has 1 aromatic carbocycles. The molecule has 0 unspecified atom stereocenters. The molecule has 1 fully saturated rings. The van der Waals surface area contributed by atoms with Gasteiger partial charge in [0.15, 0.2) is 6.10 Å². The summed E-state index contributed by atoms with van der Waals surface area (Å²) in [5.74, 6) is -2.75. The summed E-state index contributed by atoms with van der Waals surface area (Å²) in [5, 5.41) is 32.2. The molecule has 0 radical (unpaired) electrons. The van der Waals surface area contributed by atoms with Crippen LogP contribution in [0.1, 0.15) is 43.7 Å². The highest BCUT2D eigenvalue weighted by atomic mass is 16.7. The van der Waals surface area contributed by atoms with Crippen molar-refractivity contribution in [2.45, 2.75) is 70.2 Å². The van der Waals surface area contributed by atoms with Crippen LogP contribution in [0.5, 0.6) is 5.75 Å². The Balaban J connectivity index is 1.50. The topological polar surface area (TPSA) is 189 Å². The fraction of sp³-hybridized carbons (Fsp3) is 0.500. The highest BCUT2D eigenvalue weighted by Gasteiger charge is 2.41. The summed E-state index contributed by atoms with van der Waals surface area (Å²) >= 11 is 0. The number of hydrogen-bond donors (Lipinski definition) is 4. The summed E-state index contributed by atoms with van der Waals surface area (Å²) in [7, 11) is 0. The van der Waals surface area contributed by atoms with Crippen LogP contribution in [0.25, 0.3) is 0 Å². The number of aliphatic hydroxyl groups is 2. The first-order chi connectivity index (χ1) is 18.5. The molecule has 1 saturated heterocycles. The maximum absolute atomic E-state index is 12.0. The van der Waals surface area contributed by atoms with Gasteiger partial charge in [-0.1, -0.05) is 6.07 Å². The highest BCUT2D eigenvalue weighted by molar-refractivity contribution is 6.13. The molecule has 2 aliphatic rings. The smallest absolute Gasteiger partial charge is 0.333 e. The first-order valence-electron chi connectivity index (χ1n) is 12.5. The van der Waals surface area contributed by atoms with E-state index in [0.29, 0.717) is 31.4 Å². The van der Waals surface area contributed by atoms with Gasteiger partial charge in [-0.25, -0.2) is 4.79 Å². The number of hydrogen-bond acceptors (Lipinski definition) is 10. The van der Waals surface area contributed by atoms with E-state index in [1.165, 1.54) is 19.1 Å². The minimum atomic E-state index is -1.48. The van der Waals surface area contributed by atoms with Crippen LogP contribution in [0.2, 0.25) is 0 Å². The van der Waals surface area contributed by atoms with Crippen molar-refractivity contribution in [3.63, 3.8) is 0 Å². The molecule has 4 N–H and O–H groups in total. The third-order valence-electron chi connectivity index (χ3n) is 6.18. The average molecular weight is 549 g/mol. The molecule has 2 heterocycles. The number of carboxylic acid groups (broad SMARTS) is 1. The Kier molecular flexibility index (Phi) is 10.5. The molecule has 212 valence electrons. The predicted molar refractivity (Wildman–Crippen MR) is 132 cm³/mol. The van der Waals surface area contributed by atoms with Gasteiger partial charge in [0.05, 0.1) is 6.10 Å². The van der Waals surface area contributed by atoms with E-state index in [1.54, 1.807) is 18.2 Å². The van der Waals surface area contributed by atoms with E-state index in [4.69, 9.17) is 14.2 Å². The van der Waals surface area contributed by atoms with Gasteiger partial charge >= 0.3 is 11.9 Å². The SMILES string of the molecule is CC(=O)OCc1cc(CCCCNC(=O)CCN2C(=O)C=CC2=O)ccc1O[C@@H]1O[C@H](C(=O)O)C[C@H](O)[C@H]1O. The lowest BCUT2D eigenvalue weighted by Crippen LogP contribution is -2.52. The third-order valence-corrected chi connectivity index (χ3v) is 6.18. The van der Waals surface area contributed by atoms with E-state index >= 15 is 0 Å². The molecule has 3 amide bonds. The number of carbonyl (C=O) groups is 5. The number of ether oxygens (including phenoxy) is 3. The van der Waals surface area contributed by atoms with Crippen LogP contribution < -0.4 is 10.1 Å². The maximum Gasteiger partial charge on any atom is 0.333 e. The van der Waals surface area contributed by atoms with Gasteiger partial charge in [0.1, 0.15) is 18.5 Å². The van der Waals surface area contributed by atoms with E-state index in [1.807, 2.05) is 0 Å². The Morgan fingerprint density at radius 1 is 1.13 bits per heavy atom. The van der Waals surface area contributed by atoms with Crippen LogP contribution in [0.4, 0.5) is 0 Å². The number of imide groups is 1. The third kappa shape index (κ3) is 8.60. The lowest BCUT2D eigenvalue weighted by molar-refractivity contribution is -0.238. The number of unbranched alkanes of at least 4 members (excludes halogenated alkanes) is 1. The summed E-state index contributed by atoms with van der Waals surface area (Å²) in [6.07, 6.45) is -1.59. The number of aliphatic carboxylic acids is 1. The molecule has 1 aromatic rings. The summed E-state index contributed by atoms with van der Waals surface area (Å²) in [5.41, 5.74) is 1.34. The summed E-state index contributed by atoms with van der Waals surface area (Å²) < 4.78 is 16.1. The number of benzene rings is 1. The molecule has 4 atom stereocenters. The van der Waals surface area contributed by atoms with Crippen molar-refractivity contribution in [1.29, 1.82) is 0 Å². The van der Waals surface area contributed by atoms with Crippen LogP contribution in [-0.4, -0.2) is 87.6 Å². The lowest BCUT2D eigenvalue weighted by atomic mass is 10.0. The standard InChI is InChI=1S/C26H32N2O11/c1-15(29)37-14-17-12-16(4-2-3-10-27-21(31)9-11-28-22(32)7-8-23(28)33)5-6-19(17)38-26-24(34)18(30)13-20(39-26)25(35)36/h5-8,12,18,20,24,26,30,34H,2-4,9-11,13-14H2,1H3,(H,27,31)(H,35,36)/t18-,20-,24+,26+/m0/s1. The van der Waals surface area contributed by atoms with Gasteiger partial charge < -0.3 is 34.8 Å². The van der Waals surface area contributed by atoms with Crippen LogP contribution in [0.15, 0.2) is 30.4 Å². The van der Waals surface area contributed by atoms with E-state index in [0.717, 1.165) is 10.5 Å². The molecule has 0 bridgehead atoms. The molecule has 0 spiro atoms. The number of aliphatic hydroxyl groups excluding tert-OH is 2. The maximum atomic E-state index is 12.0. The summed E-state index contributed by atoms with van der Waals surface area (Å²) in [4.78, 5) is 58.7. The zero-order valence-electron chi connectivity index (χ0n) is 21.4. The number of nitrogens with zero attached hydrogens (tertiary/aromatic N) is 1. The molecule has 13 heteroatoms. The van der Waals surface area contributed by atoms with Gasteiger partial charge in [0.25, 0.3) is 11.8 Å². The van der Waals surface area contributed by atoms with Crippen molar-refractivity contribution < 1.29 is 53.5 Å². The van der Waals surface area contributed by atoms with Gasteiger partial charge in [0, 0.05) is 50.6 Å². The number of amides is 3. The van der Waals surface area contributed by atoms with Gasteiger partial charge in [0.2, 0.25) is 12.2 Å².